The molecular weight excluding hydrogens is 204 g/mol. The van der Waals surface area contributed by atoms with E-state index in [-0.39, 0.29) is 17.0 Å². The molecule has 1 aromatic carbocycles. The third kappa shape index (κ3) is 1.82. The Kier molecular flexibility index (Phi) is 2.72. The molecule has 0 aliphatic rings. The molecular formula is C12H12N2O2. The first-order chi connectivity index (χ1) is 7.72. The van der Waals surface area contributed by atoms with Crippen molar-refractivity contribution in [1.29, 1.82) is 0 Å². The van der Waals surface area contributed by atoms with E-state index in [9.17, 15) is 9.59 Å². The summed E-state index contributed by atoms with van der Waals surface area (Å²) >= 11 is 0. The Morgan fingerprint density at radius 3 is 2.88 bits per heavy atom. The molecule has 82 valence electrons. The van der Waals surface area contributed by atoms with Gasteiger partial charge in [-0.2, -0.15) is 0 Å². The number of benzene rings is 1. The van der Waals surface area contributed by atoms with Crippen LogP contribution in [0.5, 0.6) is 0 Å². The molecule has 0 unspecified atom stereocenters. The zero-order chi connectivity index (χ0) is 11.5. The van der Waals surface area contributed by atoms with Crippen LogP contribution in [0.4, 0.5) is 0 Å². The molecule has 0 spiro atoms. The molecule has 0 bridgehead atoms. The molecule has 4 heteroatoms. The highest BCUT2D eigenvalue weighted by molar-refractivity contribution is 5.97. The third-order valence-corrected chi connectivity index (χ3v) is 2.34. The van der Waals surface area contributed by atoms with E-state index in [0.717, 1.165) is 10.9 Å². The number of amides is 1. The van der Waals surface area contributed by atoms with E-state index >= 15 is 0 Å². The van der Waals surface area contributed by atoms with Crippen LogP contribution in [-0.4, -0.2) is 17.4 Å². The zero-order valence-corrected chi connectivity index (χ0v) is 8.91. The van der Waals surface area contributed by atoms with Crippen molar-refractivity contribution in [3.05, 3.63) is 46.2 Å². The van der Waals surface area contributed by atoms with Crippen molar-refractivity contribution in [2.24, 2.45) is 0 Å². The highest BCUT2D eigenvalue weighted by atomic mass is 16.2. The summed E-state index contributed by atoms with van der Waals surface area (Å²) in [7, 11) is 0. The molecule has 1 heterocycles. The predicted octanol–water partition coefficient (Wildman–Crippen LogP) is 1.28. The normalized spacial score (nSPS) is 10.3. The molecule has 0 aliphatic heterocycles. The van der Waals surface area contributed by atoms with Crippen LogP contribution in [0.2, 0.25) is 0 Å². The predicted molar refractivity (Wildman–Crippen MR) is 62.6 cm³/mol. The lowest BCUT2D eigenvalue weighted by atomic mass is 10.1. The van der Waals surface area contributed by atoms with Gasteiger partial charge in [0.25, 0.3) is 11.5 Å². The monoisotopic (exact) mass is 216 g/mol. The highest BCUT2D eigenvalue weighted by Crippen LogP contribution is 2.09. The summed E-state index contributed by atoms with van der Waals surface area (Å²) in [5.74, 6) is -0.338. The van der Waals surface area contributed by atoms with Gasteiger partial charge < -0.3 is 10.3 Å². The summed E-state index contributed by atoms with van der Waals surface area (Å²) in [5, 5.41) is 3.46. The molecule has 1 aromatic heterocycles. The fourth-order valence-electron chi connectivity index (χ4n) is 1.57. The minimum atomic E-state index is -0.357. The van der Waals surface area contributed by atoms with Crippen molar-refractivity contribution in [3.8, 4) is 0 Å². The smallest absolute Gasteiger partial charge is 0.261 e. The van der Waals surface area contributed by atoms with Gasteiger partial charge in [-0.1, -0.05) is 18.2 Å². The Balaban J connectivity index is 2.58. The lowest BCUT2D eigenvalue weighted by Crippen LogP contribution is -2.29. The summed E-state index contributed by atoms with van der Waals surface area (Å²) < 4.78 is 0. The molecule has 4 nitrogen and oxygen atoms in total. The average molecular weight is 216 g/mol. The Labute approximate surface area is 92.3 Å². The minimum Gasteiger partial charge on any atom is -0.352 e. The van der Waals surface area contributed by atoms with Crippen molar-refractivity contribution in [1.82, 2.24) is 10.3 Å². The second kappa shape index (κ2) is 4.18. The van der Waals surface area contributed by atoms with Crippen LogP contribution in [0.15, 0.2) is 35.1 Å². The van der Waals surface area contributed by atoms with Gasteiger partial charge in [0.15, 0.2) is 0 Å². The first-order valence-electron chi connectivity index (χ1n) is 5.12. The first-order valence-corrected chi connectivity index (χ1v) is 5.12. The quantitative estimate of drug-likeness (QED) is 0.794. The Bertz CT molecular complexity index is 587. The Morgan fingerprint density at radius 1 is 1.38 bits per heavy atom. The number of carbonyl (C=O) groups is 1. The van der Waals surface area contributed by atoms with E-state index in [4.69, 9.17) is 0 Å². The van der Waals surface area contributed by atoms with Crippen molar-refractivity contribution in [2.45, 2.75) is 6.92 Å². The van der Waals surface area contributed by atoms with Crippen molar-refractivity contribution < 1.29 is 4.79 Å². The van der Waals surface area contributed by atoms with Gasteiger partial charge in [-0.15, -0.1) is 0 Å². The number of rotatable bonds is 2. The first kappa shape index (κ1) is 10.4. The summed E-state index contributed by atoms with van der Waals surface area (Å²) in [6.07, 6.45) is 0. The third-order valence-electron chi connectivity index (χ3n) is 2.34. The minimum absolute atomic E-state index is 0.153. The van der Waals surface area contributed by atoms with E-state index in [1.54, 1.807) is 12.1 Å². The van der Waals surface area contributed by atoms with E-state index in [0.29, 0.717) is 6.54 Å². The number of fused-ring (bicyclic) bond motifs is 1. The van der Waals surface area contributed by atoms with Crippen LogP contribution in [-0.2, 0) is 0 Å². The standard InChI is InChI=1S/C12H12N2O2/c1-2-13-11(15)9-7-8-5-3-4-6-10(8)14-12(9)16/h3-7H,2H2,1H3,(H,13,15)(H,14,16). The number of nitrogens with one attached hydrogen (secondary N) is 2. The number of H-pyrrole nitrogens is 1. The molecule has 1 amide bonds. The number of para-hydroxylation sites is 1. The second-order valence-electron chi connectivity index (χ2n) is 3.46. The lowest BCUT2D eigenvalue weighted by Gasteiger charge is -2.03. The van der Waals surface area contributed by atoms with E-state index in [1.165, 1.54) is 0 Å². The molecule has 0 saturated carbocycles. The van der Waals surface area contributed by atoms with Gasteiger partial charge in [-0.3, -0.25) is 9.59 Å². The topological polar surface area (TPSA) is 62.0 Å². The van der Waals surface area contributed by atoms with Gasteiger partial charge in [-0.05, 0) is 24.4 Å². The molecule has 0 atom stereocenters. The second-order valence-corrected chi connectivity index (χ2v) is 3.46. The number of pyridine rings is 1. The summed E-state index contributed by atoms with van der Waals surface area (Å²) in [6, 6.07) is 8.97. The van der Waals surface area contributed by atoms with Gasteiger partial charge in [0.1, 0.15) is 5.56 Å². The van der Waals surface area contributed by atoms with E-state index in [2.05, 4.69) is 10.3 Å². The number of hydrogen-bond acceptors (Lipinski definition) is 2. The summed E-state index contributed by atoms with van der Waals surface area (Å²) in [4.78, 5) is 25.9. The molecule has 0 aliphatic carbocycles. The average Bonchev–Trinajstić information content (AvgIpc) is 2.28. The highest BCUT2D eigenvalue weighted by Gasteiger charge is 2.09. The van der Waals surface area contributed by atoms with E-state index < -0.39 is 0 Å². The van der Waals surface area contributed by atoms with Crippen molar-refractivity contribution in [3.63, 3.8) is 0 Å². The van der Waals surface area contributed by atoms with Crippen molar-refractivity contribution >= 4 is 16.8 Å². The maximum absolute atomic E-state index is 11.6. The van der Waals surface area contributed by atoms with Gasteiger partial charge in [0.2, 0.25) is 0 Å². The van der Waals surface area contributed by atoms with Gasteiger partial charge in [0, 0.05) is 12.1 Å². The van der Waals surface area contributed by atoms with Crippen LogP contribution < -0.4 is 10.9 Å². The molecule has 16 heavy (non-hydrogen) atoms. The lowest BCUT2D eigenvalue weighted by molar-refractivity contribution is 0.0954. The van der Waals surface area contributed by atoms with Crippen LogP contribution in [0.25, 0.3) is 10.9 Å². The van der Waals surface area contributed by atoms with Crippen LogP contribution in [0.3, 0.4) is 0 Å². The van der Waals surface area contributed by atoms with Crippen LogP contribution in [0, 0.1) is 0 Å². The molecule has 2 aromatic rings. The summed E-state index contributed by atoms with van der Waals surface area (Å²) in [6.45, 7) is 2.32. The number of carbonyl (C=O) groups excluding carboxylic acids is 1. The fourth-order valence-corrected chi connectivity index (χ4v) is 1.57. The largest absolute Gasteiger partial charge is 0.352 e. The Hall–Kier alpha value is -2.10. The molecule has 2 rings (SSSR count). The summed E-state index contributed by atoms with van der Waals surface area (Å²) in [5.41, 5.74) is 0.533. The van der Waals surface area contributed by atoms with Gasteiger partial charge >= 0.3 is 0 Å². The van der Waals surface area contributed by atoms with E-state index in [1.807, 2.05) is 25.1 Å². The maximum Gasteiger partial charge on any atom is 0.261 e. The van der Waals surface area contributed by atoms with Crippen molar-refractivity contribution in [2.75, 3.05) is 6.54 Å². The Morgan fingerprint density at radius 2 is 2.12 bits per heavy atom. The maximum atomic E-state index is 11.6. The van der Waals surface area contributed by atoms with Gasteiger partial charge in [-0.25, -0.2) is 0 Å². The molecule has 2 N–H and O–H groups in total. The number of aromatic amines is 1. The molecule has 0 fully saturated rings. The van der Waals surface area contributed by atoms with Gasteiger partial charge in [0.05, 0.1) is 0 Å². The number of aromatic nitrogens is 1. The fraction of sp³-hybridized carbons (Fsp3) is 0.167. The molecule has 0 saturated heterocycles. The SMILES string of the molecule is CCNC(=O)c1cc2ccccc2[nH]c1=O. The molecule has 0 radical (unpaired) electrons. The van der Waals surface area contributed by atoms with Crippen LogP contribution >= 0.6 is 0 Å². The zero-order valence-electron chi connectivity index (χ0n) is 8.91. The number of hydrogen-bond donors (Lipinski definition) is 2. The van der Waals surface area contributed by atoms with Crippen LogP contribution in [0.1, 0.15) is 17.3 Å².